The lowest BCUT2D eigenvalue weighted by atomic mass is 9.87. The summed E-state index contributed by atoms with van der Waals surface area (Å²) >= 11 is 6.07. The van der Waals surface area contributed by atoms with Crippen LogP contribution in [-0.4, -0.2) is 35.2 Å². The van der Waals surface area contributed by atoms with Gasteiger partial charge in [-0.3, -0.25) is 4.79 Å². The number of benzene rings is 2. The van der Waals surface area contributed by atoms with Gasteiger partial charge in [-0.25, -0.2) is 4.79 Å². The molecule has 0 amide bonds. The number of carboxylic acid groups (broad SMARTS) is 1. The highest BCUT2D eigenvalue weighted by Crippen LogP contribution is 2.33. The smallest absolute Gasteiger partial charge is 0.335 e. The molecule has 0 fully saturated rings. The molecule has 0 saturated carbocycles. The van der Waals surface area contributed by atoms with E-state index in [1.165, 1.54) is 18.2 Å². The van der Waals surface area contributed by atoms with Crippen LogP contribution in [-0.2, 0) is 0 Å². The second-order valence-electron chi connectivity index (χ2n) is 8.92. The molecule has 0 aromatic heterocycles. The SMILES string of the molecule is Cc1c(OC[C@@H](C)COc2ccc(C(=O)O)cc2Cl)ccc(C(=O)CC(C)(C)C)c1O. The summed E-state index contributed by atoms with van der Waals surface area (Å²) in [7, 11) is 0. The number of halogens is 1. The molecule has 0 aliphatic heterocycles. The van der Waals surface area contributed by atoms with Gasteiger partial charge in [0, 0.05) is 17.9 Å². The van der Waals surface area contributed by atoms with E-state index in [-0.39, 0.29) is 33.5 Å². The molecule has 0 aliphatic rings. The van der Waals surface area contributed by atoms with Gasteiger partial charge in [0.15, 0.2) is 5.78 Å². The third-order valence-electron chi connectivity index (χ3n) is 4.60. The van der Waals surface area contributed by atoms with Gasteiger partial charge in [-0.1, -0.05) is 39.3 Å². The Morgan fingerprint density at radius 3 is 2.19 bits per heavy atom. The van der Waals surface area contributed by atoms with Gasteiger partial charge in [0.05, 0.1) is 29.4 Å². The number of phenols is 1. The van der Waals surface area contributed by atoms with Crippen LogP contribution in [0.15, 0.2) is 30.3 Å². The zero-order chi connectivity index (χ0) is 23.3. The van der Waals surface area contributed by atoms with Gasteiger partial charge >= 0.3 is 5.97 Å². The minimum absolute atomic E-state index is 0.0149. The van der Waals surface area contributed by atoms with Crippen LogP contribution in [0.2, 0.25) is 5.02 Å². The van der Waals surface area contributed by atoms with Crippen LogP contribution in [0.5, 0.6) is 17.2 Å². The van der Waals surface area contributed by atoms with Gasteiger partial charge in [-0.15, -0.1) is 0 Å². The molecule has 31 heavy (non-hydrogen) atoms. The van der Waals surface area contributed by atoms with Crippen LogP contribution in [0, 0.1) is 18.3 Å². The summed E-state index contributed by atoms with van der Waals surface area (Å²) in [5, 5.41) is 19.7. The summed E-state index contributed by atoms with van der Waals surface area (Å²) in [5.74, 6) is -0.332. The van der Waals surface area contributed by atoms with Crippen LogP contribution in [0.3, 0.4) is 0 Å². The quantitative estimate of drug-likeness (QED) is 0.473. The molecule has 0 heterocycles. The minimum Gasteiger partial charge on any atom is -0.507 e. The first-order chi connectivity index (χ1) is 14.4. The van der Waals surface area contributed by atoms with E-state index in [1.54, 1.807) is 19.1 Å². The second kappa shape index (κ2) is 10.1. The van der Waals surface area contributed by atoms with Gasteiger partial charge in [0.1, 0.15) is 17.2 Å². The number of Topliss-reactive ketones (excluding diaryl/α,β-unsaturated/α-hetero) is 1. The van der Waals surface area contributed by atoms with Crippen LogP contribution >= 0.6 is 11.6 Å². The van der Waals surface area contributed by atoms with Crippen molar-refractivity contribution in [1.82, 2.24) is 0 Å². The molecule has 2 aromatic rings. The maximum absolute atomic E-state index is 12.5. The maximum Gasteiger partial charge on any atom is 0.335 e. The Bertz CT molecular complexity index is 961. The van der Waals surface area contributed by atoms with E-state index < -0.39 is 5.97 Å². The summed E-state index contributed by atoms with van der Waals surface area (Å²) in [6, 6.07) is 7.58. The standard InChI is InChI=1S/C24H29ClO6/c1-14(13-31-21-8-6-16(23(28)29)10-18(21)25)12-30-20-9-7-17(22(27)15(20)2)19(26)11-24(3,4)5/h6-10,14,27H,11-13H2,1-5H3,(H,28,29)/t14-/m1/s1. The fraction of sp³-hybridized carbons (Fsp3) is 0.417. The molecule has 2 N–H and O–H groups in total. The van der Waals surface area contributed by atoms with Crippen molar-refractivity contribution in [3.05, 3.63) is 52.0 Å². The number of ether oxygens (including phenoxy) is 2. The number of phenolic OH excluding ortho intramolecular Hbond substituents is 1. The Labute approximate surface area is 187 Å². The average molecular weight is 449 g/mol. The third kappa shape index (κ3) is 6.89. The number of hydrogen-bond donors (Lipinski definition) is 2. The van der Waals surface area contributed by atoms with E-state index in [9.17, 15) is 14.7 Å². The van der Waals surface area contributed by atoms with E-state index in [2.05, 4.69) is 0 Å². The summed E-state index contributed by atoms with van der Waals surface area (Å²) in [6.07, 6.45) is 0.338. The van der Waals surface area contributed by atoms with E-state index in [0.29, 0.717) is 42.3 Å². The van der Waals surface area contributed by atoms with Crippen LogP contribution in [0.4, 0.5) is 0 Å². The Morgan fingerprint density at radius 1 is 1.06 bits per heavy atom. The van der Waals surface area contributed by atoms with Crippen molar-refractivity contribution in [3.8, 4) is 17.2 Å². The molecule has 0 aliphatic carbocycles. The molecule has 0 unspecified atom stereocenters. The van der Waals surface area contributed by atoms with Gasteiger partial charge in [-0.05, 0) is 42.7 Å². The van der Waals surface area contributed by atoms with Crippen molar-refractivity contribution in [2.45, 2.75) is 41.0 Å². The van der Waals surface area contributed by atoms with E-state index in [4.69, 9.17) is 26.2 Å². The zero-order valence-corrected chi connectivity index (χ0v) is 19.2. The van der Waals surface area contributed by atoms with Crippen molar-refractivity contribution in [1.29, 1.82) is 0 Å². The highest BCUT2D eigenvalue weighted by atomic mass is 35.5. The summed E-state index contributed by atoms with van der Waals surface area (Å²) in [6.45, 7) is 10.2. The number of ketones is 1. The van der Waals surface area contributed by atoms with Crippen molar-refractivity contribution in [3.63, 3.8) is 0 Å². The predicted molar refractivity (Wildman–Crippen MR) is 120 cm³/mol. The molecule has 7 heteroatoms. The number of aromatic carboxylic acids is 1. The monoisotopic (exact) mass is 448 g/mol. The lowest BCUT2D eigenvalue weighted by Gasteiger charge is -2.19. The molecule has 6 nitrogen and oxygen atoms in total. The Kier molecular flexibility index (Phi) is 7.96. The van der Waals surface area contributed by atoms with Crippen molar-refractivity contribution in [2.75, 3.05) is 13.2 Å². The van der Waals surface area contributed by atoms with Gasteiger partial charge in [-0.2, -0.15) is 0 Å². The van der Waals surface area contributed by atoms with E-state index in [0.717, 1.165) is 0 Å². The third-order valence-corrected chi connectivity index (χ3v) is 4.89. The number of rotatable bonds is 9. The molecular weight excluding hydrogens is 420 g/mol. The second-order valence-corrected chi connectivity index (χ2v) is 9.33. The molecule has 2 aromatic carbocycles. The number of aromatic hydroxyl groups is 1. The molecule has 0 spiro atoms. The molecule has 2 rings (SSSR count). The fourth-order valence-electron chi connectivity index (χ4n) is 2.90. The number of carboxylic acids is 1. The van der Waals surface area contributed by atoms with Crippen molar-refractivity contribution < 1.29 is 29.3 Å². The molecule has 0 saturated heterocycles. The number of carbonyl (C=O) groups excluding carboxylic acids is 1. The van der Waals surface area contributed by atoms with E-state index >= 15 is 0 Å². The summed E-state index contributed by atoms with van der Waals surface area (Å²) in [5.41, 5.74) is 0.739. The zero-order valence-electron chi connectivity index (χ0n) is 18.5. The Hall–Kier alpha value is -2.73. The van der Waals surface area contributed by atoms with Crippen LogP contribution in [0.1, 0.15) is 60.4 Å². The largest absolute Gasteiger partial charge is 0.507 e. The van der Waals surface area contributed by atoms with Crippen molar-refractivity contribution >= 4 is 23.4 Å². The number of carbonyl (C=O) groups is 2. The first-order valence-corrected chi connectivity index (χ1v) is 10.4. The van der Waals surface area contributed by atoms with Gasteiger partial charge in [0.25, 0.3) is 0 Å². The molecule has 168 valence electrons. The molecule has 0 bridgehead atoms. The van der Waals surface area contributed by atoms with Crippen LogP contribution < -0.4 is 9.47 Å². The van der Waals surface area contributed by atoms with Crippen LogP contribution in [0.25, 0.3) is 0 Å². The predicted octanol–water partition coefficient (Wildman–Crippen LogP) is 5.77. The lowest BCUT2D eigenvalue weighted by molar-refractivity contribution is 0.0696. The van der Waals surface area contributed by atoms with Gasteiger partial charge in [0.2, 0.25) is 0 Å². The van der Waals surface area contributed by atoms with Crippen molar-refractivity contribution in [2.24, 2.45) is 11.3 Å². The van der Waals surface area contributed by atoms with Gasteiger partial charge < -0.3 is 19.7 Å². The topological polar surface area (TPSA) is 93.1 Å². The molecular formula is C24H29ClO6. The first kappa shape index (κ1) is 24.5. The summed E-state index contributed by atoms with van der Waals surface area (Å²) < 4.78 is 11.5. The fourth-order valence-corrected chi connectivity index (χ4v) is 3.14. The minimum atomic E-state index is -1.06. The molecule has 0 radical (unpaired) electrons. The average Bonchev–Trinajstić information content (AvgIpc) is 2.66. The summed E-state index contributed by atoms with van der Waals surface area (Å²) in [4.78, 5) is 23.4. The normalized spacial score (nSPS) is 12.3. The Balaban J connectivity index is 1.96. The molecule has 1 atom stereocenters. The lowest BCUT2D eigenvalue weighted by Crippen LogP contribution is -2.17. The Morgan fingerprint density at radius 2 is 1.65 bits per heavy atom. The first-order valence-electron chi connectivity index (χ1n) is 10.0. The van der Waals surface area contributed by atoms with E-state index in [1.807, 2.05) is 27.7 Å². The highest BCUT2D eigenvalue weighted by Gasteiger charge is 2.22. The highest BCUT2D eigenvalue weighted by molar-refractivity contribution is 6.32. The maximum atomic E-state index is 12.5. The number of hydrogen-bond acceptors (Lipinski definition) is 5.